The van der Waals surface area contributed by atoms with Gasteiger partial charge in [-0.15, -0.1) is 0 Å². The van der Waals surface area contributed by atoms with Crippen molar-refractivity contribution in [3.8, 4) is 0 Å². The Bertz CT molecular complexity index is 514. The molecule has 1 unspecified atom stereocenters. The van der Waals surface area contributed by atoms with E-state index in [9.17, 15) is 0 Å². The summed E-state index contributed by atoms with van der Waals surface area (Å²) in [5, 5.41) is 16.3. The molecule has 0 saturated carbocycles. The van der Waals surface area contributed by atoms with E-state index in [1.165, 1.54) is 0 Å². The molecule has 2 heterocycles. The van der Waals surface area contributed by atoms with E-state index in [2.05, 4.69) is 31.3 Å². The van der Waals surface area contributed by atoms with Crippen LogP contribution in [0.3, 0.4) is 0 Å². The summed E-state index contributed by atoms with van der Waals surface area (Å²) in [6, 6.07) is 1.90. The lowest BCUT2D eigenvalue weighted by Crippen LogP contribution is -2.07. The molecule has 0 fully saturated rings. The number of aliphatic hydroxyl groups excluding tert-OH is 1. The van der Waals surface area contributed by atoms with Crippen LogP contribution in [0.2, 0.25) is 0 Å². The zero-order valence-corrected chi connectivity index (χ0v) is 11.9. The van der Waals surface area contributed by atoms with Gasteiger partial charge in [-0.05, 0) is 40.8 Å². The van der Waals surface area contributed by atoms with Gasteiger partial charge < -0.3 is 10.4 Å². The first kappa shape index (κ1) is 13.3. The number of rotatable bonds is 6. The highest BCUT2D eigenvalue weighted by Crippen LogP contribution is 2.16. The van der Waals surface area contributed by atoms with Gasteiger partial charge in [-0.3, -0.25) is 0 Å². The number of nitrogens with one attached hydrogen (secondary N) is 1. The molecule has 0 aliphatic heterocycles. The molecule has 5 nitrogen and oxygen atoms in total. The number of hydrogen-bond acceptors (Lipinski definition) is 4. The molecule has 0 aliphatic rings. The van der Waals surface area contributed by atoms with Crippen LogP contribution in [0.5, 0.6) is 0 Å². The van der Waals surface area contributed by atoms with Crippen molar-refractivity contribution in [3.05, 3.63) is 22.9 Å². The zero-order chi connectivity index (χ0) is 13.0. The number of halogens is 1. The molecule has 0 saturated heterocycles. The Labute approximate surface area is 114 Å². The molecule has 0 aromatic carbocycles. The number of anilines is 1. The second-order valence-electron chi connectivity index (χ2n) is 4.43. The summed E-state index contributed by atoms with van der Waals surface area (Å²) < 4.78 is 2.61. The third-order valence-electron chi connectivity index (χ3n) is 2.82. The Morgan fingerprint density at radius 1 is 1.56 bits per heavy atom. The largest absolute Gasteiger partial charge is 0.396 e. The molecular formula is C12H17BrN4O. The number of nitrogens with zero attached hydrogens (tertiary/aromatic N) is 3. The molecular weight excluding hydrogens is 296 g/mol. The molecule has 2 N–H and O–H groups in total. The normalized spacial score (nSPS) is 12.8. The molecule has 1 atom stereocenters. The van der Waals surface area contributed by atoms with Crippen molar-refractivity contribution >= 4 is 27.4 Å². The fourth-order valence-electron chi connectivity index (χ4n) is 1.70. The zero-order valence-electron chi connectivity index (χ0n) is 10.3. The first-order valence-electron chi connectivity index (χ1n) is 6.05. The van der Waals surface area contributed by atoms with E-state index in [4.69, 9.17) is 5.11 Å². The Morgan fingerprint density at radius 2 is 2.39 bits per heavy atom. The maximum Gasteiger partial charge on any atom is 0.171 e. The van der Waals surface area contributed by atoms with Crippen molar-refractivity contribution < 1.29 is 5.11 Å². The summed E-state index contributed by atoms with van der Waals surface area (Å²) in [6.45, 7) is 3.17. The van der Waals surface area contributed by atoms with E-state index in [1.54, 1.807) is 10.7 Å². The average molecular weight is 313 g/mol. The van der Waals surface area contributed by atoms with Crippen LogP contribution in [0.15, 0.2) is 22.9 Å². The quantitative estimate of drug-likeness (QED) is 0.804. The molecule has 0 amide bonds. The second kappa shape index (κ2) is 6.15. The number of aromatic nitrogens is 3. The van der Waals surface area contributed by atoms with Crippen LogP contribution in [0.4, 0.5) is 5.82 Å². The van der Waals surface area contributed by atoms with Gasteiger partial charge in [0.1, 0.15) is 5.82 Å². The number of fused-ring (bicyclic) bond motifs is 1. The Morgan fingerprint density at radius 3 is 3.17 bits per heavy atom. The summed E-state index contributed by atoms with van der Waals surface area (Å²) in [5.41, 5.74) is 0.809. The van der Waals surface area contributed by atoms with E-state index in [0.29, 0.717) is 5.92 Å². The van der Waals surface area contributed by atoms with E-state index in [-0.39, 0.29) is 6.61 Å². The van der Waals surface area contributed by atoms with Crippen molar-refractivity contribution in [2.75, 3.05) is 18.5 Å². The minimum Gasteiger partial charge on any atom is -0.396 e. The maximum atomic E-state index is 8.93. The van der Waals surface area contributed by atoms with Crippen LogP contribution in [-0.2, 0) is 0 Å². The highest BCUT2D eigenvalue weighted by molar-refractivity contribution is 9.10. The van der Waals surface area contributed by atoms with Crippen molar-refractivity contribution in [2.45, 2.75) is 19.8 Å². The Kier molecular flexibility index (Phi) is 4.54. The third kappa shape index (κ3) is 3.20. The lowest BCUT2D eigenvalue weighted by atomic mass is 10.1. The molecule has 0 aliphatic carbocycles. The van der Waals surface area contributed by atoms with Gasteiger partial charge in [0, 0.05) is 19.3 Å². The van der Waals surface area contributed by atoms with Crippen molar-refractivity contribution in [2.24, 2.45) is 5.92 Å². The van der Waals surface area contributed by atoms with Gasteiger partial charge in [-0.2, -0.15) is 5.10 Å². The number of hydrogen-bond donors (Lipinski definition) is 2. The van der Waals surface area contributed by atoms with Crippen molar-refractivity contribution in [1.29, 1.82) is 0 Å². The summed E-state index contributed by atoms with van der Waals surface area (Å²) in [5.74, 6) is 1.21. The lowest BCUT2D eigenvalue weighted by Gasteiger charge is -2.08. The van der Waals surface area contributed by atoms with Gasteiger partial charge >= 0.3 is 0 Å². The smallest absolute Gasteiger partial charge is 0.171 e. The van der Waals surface area contributed by atoms with Crippen LogP contribution in [0, 0.1) is 5.92 Å². The fourth-order valence-corrected chi connectivity index (χ4v) is 2.06. The minimum absolute atomic E-state index is 0.257. The molecule has 0 spiro atoms. The standard InChI is InChI=1S/C12H17BrN4O/c1-9(8-18)3-2-5-14-11-4-6-17-12(16-11)10(13)7-15-17/h4,6-7,9,18H,2-3,5,8H2,1H3,(H,14,16). The molecule has 98 valence electrons. The van der Waals surface area contributed by atoms with Crippen molar-refractivity contribution in [3.63, 3.8) is 0 Å². The second-order valence-corrected chi connectivity index (χ2v) is 5.28. The van der Waals surface area contributed by atoms with Gasteiger partial charge in [-0.25, -0.2) is 9.50 Å². The van der Waals surface area contributed by atoms with E-state index in [0.717, 1.165) is 35.3 Å². The van der Waals surface area contributed by atoms with Crippen LogP contribution in [-0.4, -0.2) is 32.9 Å². The SMILES string of the molecule is CC(CO)CCCNc1ccn2ncc(Br)c2n1. The van der Waals surface area contributed by atoms with Crippen LogP contribution >= 0.6 is 15.9 Å². The Hall–Kier alpha value is -1.14. The Balaban J connectivity index is 1.89. The topological polar surface area (TPSA) is 62.5 Å². The first-order valence-corrected chi connectivity index (χ1v) is 6.84. The molecule has 18 heavy (non-hydrogen) atoms. The molecule has 2 aromatic heterocycles. The highest BCUT2D eigenvalue weighted by Gasteiger charge is 2.04. The van der Waals surface area contributed by atoms with Crippen molar-refractivity contribution in [1.82, 2.24) is 14.6 Å². The van der Waals surface area contributed by atoms with E-state index < -0.39 is 0 Å². The predicted molar refractivity (Wildman–Crippen MR) is 74.7 cm³/mol. The van der Waals surface area contributed by atoms with E-state index in [1.807, 2.05) is 19.2 Å². The lowest BCUT2D eigenvalue weighted by molar-refractivity contribution is 0.229. The fraction of sp³-hybridized carbons (Fsp3) is 0.500. The summed E-state index contributed by atoms with van der Waals surface area (Å²) in [6.07, 6.45) is 5.65. The van der Waals surface area contributed by atoms with Gasteiger partial charge in [0.25, 0.3) is 0 Å². The van der Waals surface area contributed by atoms with Crippen LogP contribution < -0.4 is 5.32 Å². The van der Waals surface area contributed by atoms with Gasteiger partial charge in [0.2, 0.25) is 0 Å². The molecule has 2 aromatic rings. The first-order chi connectivity index (χ1) is 8.70. The third-order valence-corrected chi connectivity index (χ3v) is 3.38. The maximum absolute atomic E-state index is 8.93. The molecule has 2 rings (SSSR count). The summed E-state index contributed by atoms with van der Waals surface area (Å²) >= 11 is 3.41. The minimum atomic E-state index is 0.257. The summed E-state index contributed by atoms with van der Waals surface area (Å²) in [4.78, 5) is 4.46. The predicted octanol–water partition coefficient (Wildman–Crippen LogP) is 2.31. The number of aliphatic hydroxyl groups is 1. The van der Waals surface area contributed by atoms with Gasteiger partial charge in [0.05, 0.1) is 10.7 Å². The van der Waals surface area contributed by atoms with Crippen LogP contribution in [0.25, 0.3) is 5.65 Å². The summed E-state index contributed by atoms with van der Waals surface area (Å²) in [7, 11) is 0. The monoisotopic (exact) mass is 312 g/mol. The highest BCUT2D eigenvalue weighted by atomic mass is 79.9. The molecule has 0 bridgehead atoms. The molecule has 0 radical (unpaired) electrons. The van der Waals surface area contributed by atoms with Crippen LogP contribution in [0.1, 0.15) is 19.8 Å². The van der Waals surface area contributed by atoms with E-state index >= 15 is 0 Å². The average Bonchev–Trinajstić information content (AvgIpc) is 2.76. The molecule has 6 heteroatoms. The van der Waals surface area contributed by atoms with Gasteiger partial charge in [0.15, 0.2) is 5.65 Å². The van der Waals surface area contributed by atoms with Gasteiger partial charge in [-0.1, -0.05) is 6.92 Å².